The predicted octanol–water partition coefficient (Wildman–Crippen LogP) is 2.75. The number of fused-ring (bicyclic) bond motifs is 1. The van der Waals surface area contributed by atoms with Crippen LogP contribution in [0.25, 0.3) is 20.9 Å². The van der Waals surface area contributed by atoms with Crippen molar-refractivity contribution in [1.29, 1.82) is 0 Å². The fourth-order valence-electron chi connectivity index (χ4n) is 1.38. The number of thiazole rings is 1. The van der Waals surface area contributed by atoms with Crippen molar-refractivity contribution in [2.75, 3.05) is 0 Å². The van der Waals surface area contributed by atoms with E-state index >= 15 is 0 Å². The van der Waals surface area contributed by atoms with Gasteiger partial charge in [0.05, 0.1) is 16.6 Å². The molecule has 3 aromatic rings. The second kappa shape index (κ2) is 3.40. The van der Waals surface area contributed by atoms with Crippen LogP contribution in [0.1, 0.15) is 0 Å². The van der Waals surface area contributed by atoms with Gasteiger partial charge in [-0.05, 0) is 18.2 Å². The van der Waals surface area contributed by atoms with Gasteiger partial charge in [0.2, 0.25) is 0 Å². The molecule has 0 atom stereocenters. The number of hydrogen-bond donors (Lipinski definition) is 0. The van der Waals surface area contributed by atoms with E-state index in [4.69, 9.17) is 0 Å². The topological polar surface area (TPSA) is 38.7 Å². The molecule has 0 aliphatic heterocycles. The van der Waals surface area contributed by atoms with Crippen molar-refractivity contribution in [3.63, 3.8) is 0 Å². The lowest BCUT2D eigenvalue weighted by Crippen LogP contribution is -1.79. The lowest BCUT2D eigenvalue weighted by atomic mass is 10.4. The summed E-state index contributed by atoms with van der Waals surface area (Å²) in [5, 5.41) is 0.943. The van der Waals surface area contributed by atoms with Crippen molar-refractivity contribution in [3.05, 3.63) is 42.9 Å². The maximum atomic E-state index is 4.48. The first kappa shape index (κ1) is 8.49. The highest BCUT2D eigenvalue weighted by atomic mass is 32.1. The van der Waals surface area contributed by atoms with Gasteiger partial charge in [-0.25, -0.2) is 4.98 Å². The molecule has 4 heteroatoms. The molecule has 3 nitrogen and oxygen atoms in total. The molecule has 0 unspecified atom stereocenters. The molecule has 0 bridgehead atoms. The van der Waals surface area contributed by atoms with Gasteiger partial charge in [-0.2, -0.15) is 0 Å². The highest BCUT2D eigenvalue weighted by Gasteiger charge is 2.05. The maximum Gasteiger partial charge on any atom is 0.143 e. The second-order valence-corrected chi connectivity index (χ2v) is 4.11. The first-order valence-electron chi connectivity index (χ1n) is 4.55. The predicted molar refractivity (Wildman–Crippen MR) is 60.6 cm³/mol. The Morgan fingerprint density at radius 1 is 1.07 bits per heavy atom. The summed E-state index contributed by atoms with van der Waals surface area (Å²) in [6, 6.07) is 7.80. The Kier molecular flexibility index (Phi) is 1.93. The molecule has 0 N–H and O–H groups in total. The van der Waals surface area contributed by atoms with E-state index in [1.807, 2.05) is 24.3 Å². The summed E-state index contributed by atoms with van der Waals surface area (Å²) in [4.78, 5) is 12.8. The molecule has 0 fully saturated rings. The Balaban J connectivity index is 2.21. The molecule has 0 amide bonds. The van der Waals surface area contributed by atoms with Crippen molar-refractivity contribution < 1.29 is 0 Å². The summed E-state index contributed by atoms with van der Waals surface area (Å²) in [5.74, 6) is 0. The zero-order valence-corrected chi connectivity index (χ0v) is 8.61. The zero-order chi connectivity index (χ0) is 10.1. The molecule has 3 rings (SSSR count). The number of pyridine rings is 2. The Hall–Kier alpha value is -1.81. The number of rotatable bonds is 1. The van der Waals surface area contributed by atoms with Gasteiger partial charge in [0.1, 0.15) is 10.5 Å². The third-order valence-electron chi connectivity index (χ3n) is 2.07. The Morgan fingerprint density at radius 3 is 2.87 bits per heavy atom. The largest absolute Gasteiger partial charge is 0.262 e. The van der Waals surface area contributed by atoms with E-state index in [0.29, 0.717) is 0 Å². The van der Waals surface area contributed by atoms with E-state index in [9.17, 15) is 0 Å². The van der Waals surface area contributed by atoms with Crippen LogP contribution in [0.5, 0.6) is 0 Å². The summed E-state index contributed by atoms with van der Waals surface area (Å²) in [7, 11) is 0. The second-order valence-electron chi connectivity index (χ2n) is 3.08. The van der Waals surface area contributed by atoms with E-state index in [0.717, 1.165) is 20.9 Å². The van der Waals surface area contributed by atoms with Gasteiger partial charge in [-0.1, -0.05) is 6.07 Å². The van der Waals surface area contributed by atoms with Gasteiger partial charge in [0.25, 0.3) is 0 Å². The smallest absolute Gasteiger partial charge is 0.143 e. The normalized spacial score (nSPS) is 10.7. The molecule has 3 aromatic heterocycles. The van der Waals surface area contributed by atoms with Gasteiger partial charge in [0, 0.05) is 12.4 Å². The molecule has 0 radical (unpaired) electrons. The number of nitrogens with zero attached hydrogens (tertiary/aromatic N) is 3. The van der Waals surface area contributed by atoms with Crippen molar-refractivity contribution in [2.45, 2.75) is 0 Å². The average molecular weight is 213 g/mol. The van der Waals surface area contributed by atoms with Crippen molar-refractivity contribution in [3.8, 4) is 10.7 Å². The van der Waals surface area contributed by atoms with Crippen molar-refractivity contribution in [1.82, 2.24) is 15.0 Å². The molecular weight excluding hydrogens is 206 g/mol. The molecule has 72 valence electrons. The third-order valence-corrected chi connectivity index (χ3v) is 3.13. The number of aromatic nitrogens is 3. The van der Waals surface area contributed by atoms with Crippen LogP contribution < -0.4 is 0 Å². The van der Waals surface area contributed by atoms with Crippen LogP contribution in [-0.2, 0) is 0 Å². The van der Waals surface area contributed by atoms with Gasteiger partial charge < -0.3 is 0 Å². The average Bonchev–Trinajstić information content (AvgIpc) is 2.74. The van der Waals surface area contributed by atoms with E-state index in [-0.39, 0.29) is 0 Å². The van der Waals surface area contributed by atoms with Gasteiger partial charge in [-0.3, -0.25) is 9.97 Å². The highest BCUT2D eigenvalue weighted by molar-refractivity contribution is 7.21. The van der Waals surface area contributed by atoms with Crippen molar-refractivity contribution in [2.24, 2.45) is 0 Å². The molecule has 0 saturated heterocycles. The van der Waals surface area contributed by atoms with Crippen LogP contribution in [0.2, 0.25) is 0 Å². The van der Waals surface area contributed by atoms with E-state index in [2.05, 4.69) is 15.0 Å². The first-order valence-corrected chi connectivity index (χ1v) is 5.37. The Morgan fingerprint density at radius 2 is 2.07 bits per heavy atom. The Bertz CT molecular complexity index is 556. The molecule has 0 saturated carbocycles. The van der Waals surface area contributed by atoms with Gasteiger partial charge in [0.15, 0.2) is 0 Å². The van der Waals surface area contributed by atoms with Crippen LogP contribution >= 0.6 is 11.3 Å². The molecule has 0 aromatic carbocycles. The maximum absolute atomic E-state index is 4.48. The number of hydrogen-bond acceptors (Lipinski definition) is 4. The fourth-order valence-corrected chi connectivity index (χ4v) is 2.29. The summed E-state index contributed by atoms with van der Waals surface area (Å²) < 4.78 is 1.14. The fraction of sp³-hybridized carbons (Fsp3) is 0. The molecule has 3 heterocycles. The van der Waals surface area contributed by atoms with Crippen LogP contribution in [0.4, 0.5) is 0 Å². The SMILES string of the molecule is c1ccc(-c2nc3cnccc3s2)nc1. The molecule has 0 aliphatic carbocycles. The van der Waals surface area contributed by atoms with E-state index in [1.165, 1.54) is 0 Å². The van der Waals surface area contributed by atoms with E-state index in [1.54, 1.807) is 29.9 Å². The minimum Gasteiger partial charge on any atom is -0.262 e. The monoisotopic (exact) mass is 213 g/mol. The van der Waals surface area contributed by atoms with Gasteiger partial charge >= 0.3 is 0 Å². The minimum atomic E-state index is 0.915. The molecule has 15 heavy (non-hydrogen) atoms. The van der Waals surface area contributed by atoms with Crippen LogP contribution in [0.15, 0.2) is 42.9 Å². The molecular formula is C11H7N3S. The summed E-state index contributed by atoms with van der Waals surface area (Å²) in [5.41, 5.74) is 1.85. The molecule has 0 spiro atoms. The molecule has 0 aliphatic rings. The van der Waals surface area contributed by atoms with Crippen LogP contribution in [0.3, 0.4) is 0 Å². The lowest BCUT2D eigenvalue weighted by Gasteiger charge is -1.91. The van der Waals surface area contributed by atoms with Crippen LogP contribution in [0, 0.1) is 0 Å². The zero-order valence-electron chi connectivity index (χ0n) is 7.79. The Labute approximate surface area is 90.5 Å². The summed E-state index contributed by atoms with van der Waals surface area (Å²) in [6.45, 7) is 0. The van der Waals surface area contributed by atoms with Gasteiger partial charge in [-0.15, -0.1) is 11.3 Å². The van der Waals surface area contributed by atoms with Crippen LogP contribution in [-0.4, -0.2) is 15.0 Å². The standard InChI is InChI=1S/C11H7N3S/c1-2-5-13-8(3-1)11-14-9-7-12-6-4-10(9)15-11/h1-7H. The third kappa shape index (κ3) is 1.49. The highest BCUT2D eigenvalue weighted by Crippen LogP contribution is 2.27. The lowest BCUT2D eigenvalue weighted by molar-refractivity contribution is 1.29. The van der Waals surface area contributed by atoms with E-state index < -0.39 is 0 Å². The first-order chi connectivity index (χ1) is 7.43. The quantitative estimate of drug-likeness (QED) is 0.624. The minimum absolute atomic E-state index is 0.915. The summed E-state index contributed by atoms with van der Waals surface area (Å²) >= 11 is 1.64. The van der Waals surface area contributed by atoms with Crippen molar-refractivity contribution >= 4 is 21.6 Å². The summed E-state index contributed by atoms with van der Waals surface area (Å²) in [6.07, 6.45) is 5.33.